The number of nitrogens with zero attached hydrogens (tertiary/aromatic N) is 2. The van der Waals surface area contributed by atoms with E-state index in [1.165, 1.54) is 21.6 Å². The van der Waals surface area contributed by atoms with Gasteiger partial charge in [0, 0.05) is 31.2 Å². The Hall–Kier alpha value is -2.76. The molecule has 1 aromatic rings. The van der Waals surface area contributed by atoms with Crippen molar-refractivity contribution in [2.24, 2.45) is 0 Å². The number of carbonyl (C=O) groups excluding carboxylic acids is 5. The molecule has 0 aliphatic carbocycles. The summed E-state index contributed by atoms with van der Waals surface area (Å²) in [6.07, 6.45) is -8.85. The summed E-state index contributed by atoms with van der Waals surface area (Å²) in [5.74, 6) is -5.40. The van der Waals surface area contributed by atoms with Gasteiger partial charge in [0.15, 0.2) is 12.2 Å². The lowest BCUT2D eigenvalue weighted by atomic mass is 10.0. The molecular weight excluding hydrogens is 498 g/mol. The maximum Gasteiger partial charge on any atom is 0.364 e. The Balaban J connectivity index is 1.72. The molecule has 4 unspecified atom stereocenters. The van der Waals surface area contributed by atoms with Crippen LogP contribution >= 0.6 is 21.6 Å². The zero-order valence-electron chi connectivity index (χ0n) is 17.3. The molecule has 14 nitrogen and oxygen atoms in total. The van der Waals surface area contributed by atoms with Crippen LogP contribution < -0.4 is 5.48 Å². The highest BCUT2D eigenvalue weighted by molar-refractivity contribution is 8.76. The van der Waals surface area contributed by atoms with E-state index in [9.17, 15) is 44.4 Å². The highest BCUT2D eigenvalue weighted by atomic mass is 33.1. The second-order valence-electron chi connectivity index (χ2n) is 6.63. The third-order valence-electron chi connectivity index (χ3n) is 4.13. The van der Waals surface area contributed by atoms with Crippen molar-refractivity contribution >= 4 is 51.2 Å². The Morgan fingerprint density at radius 3 is 2.24 bits per heavy atom. The van der Waals surface area contributed by atoms with Crippen molar-refractivity contribution in [1.82, 2.24) is 15.5 Å². The molecule has 1 aliphatic heterocycles. The lowest BCUT2D eigenvalue weighted by Gasteiger charge is -2.25. The van der Waals surface area contributed by atoms with Gasteiger partial charge in [0.25, 0.3) is 17.7 Å². The number of aliphatic hydroxyl groups is 4. The molecule has 3 amide bonds. The molecule has 1 aliphatic rings. The maximum atomic E-state index is 11.8. The molecular formula is C18H21N3O11S2. The number of amides is 3. The number of nitrogens with one attached hydrogen (secondary N) is 1. The van der Waals surface area contributed by atoms with Crippen LogP contribution in [0.5, 0.6) is 0 Å². The van der Waals surface area contributed by atoms with E-state index in [1.54, 1.807) is 29.9 Å². The van der Waals surface area contributed by atoms with Crippen molar-refractivity contribution in [3.63, 3.8) is 0 Å². The van der Waals surface area contributed by atoms with Crippen LogP contribution in [-0.2, 0) is 33.6 Å². The fraction of sp³-hybridized carbons (Fsp3) is 0.444. The summed E-state index contributed by atoms with van der Waals surface area (Å²) < 4.78 is 0. The second-order valence-corrected chi connectivity index (χ2v) is 9.07. The normalized spacial score (nSPS) is 17.0. The fourth-order valence-corrected chi connectivity index (χ4v) is 4.17. The van der Waals surface area contributed by atoms with E-state index in [0.717, 1.165) is 5.03 Å². The van der Waals surface area contributed by atoms with Gasteiger partial charge >= 0.3 is 11.9 Å². The Kier molecular flexibility index (Phi) is 10.7. The van der Waals surface area contributed by atoms with E-state index in [1.807, 2.05) is 0 Å². The second kappa shape index (κ2) is 13.2. The molecule has 1 fully saturated rings. The molecule has 0 saturated carbocycles. The van der Waals surface area contributed by atoms with Gasteiger partial charge in [0.2, 0.25) is 0 Å². The number of pyridine rings is 1. The first-order valence-electron chi connectivity index (χ1n) is 9.61. The smallest absolute Gasteiger partial charge is 0.364 e. The summed E-state index contributed by atoms with van der Waals surface area (Å²) in [6, 6.07) is 5.34. The third-order valence-corrected chi connectivity index (χ3v) is 6.39. The summed E-state index contributed by atoms with van der Waals surface area (Å²) in [5.41, 5.74) is 1.75. The van der Waals surface area contributed by atoms with Gasteiger partial charge in [-0.3, -0.25) is 14.4 Å². The number of hydrogen-bond acceptors (Lipinski definition) is 14. The maximum absolute atomic E-state index is 11.8. The lowest BCUT2D eigenvalue weighted by molar-refractivity contribution is -0.211. The van der Waals surface area contributed by atoms with Crippen molar-refractivity contribution in [2.45, 2.75) is 48.7 Å². The van der Waals surface area contributed by atoms with Crippen molar-refractivity contribution in [2.75, 3.05) is 5.75 Å². The standard InChI is InChI=1S/C18H21N3O11S2/c22-9(6-8-33-34-10-3-1-2-7-19-10)20-31-17(29)15(27)13(25)14(26)16(28)18(30)32-21-11(23)4-5-12(21)24/h1-3,7,13-16,25-28H,4-6,8H2,(H,20,22). The molecule has 0 spiro atoms. The molecule has 0 radical (unpaired) electrons. The van der Waals surface area contributed by atoms with E-state index >= 15 is 0 Å². The Morgan fingerprint density at radius 1 is 1.03 bits per heavy atom. The number of imide groups is 1. The zero-order valence-corrected chi connectivity index (χ0v) is 18.9. The highest BCUT2D eigenvalue weighted by Gasteiger charge is 2.42. The predicted molar refractivity (Wildman–Crippen MR) is 113 cm³/mol. The number of hydroxylamine groups is 3. The molecule has 16 heteroatoms. The molecule has 34 heavy (non-hydrogen) atoms. The molecule has 0 aromatic carbocycles. The molecule has 4 atom stereocenters. The quantitative estimate of drug-likeness (QED) is 0.0912. The molecule has 2 rings (SSSR count). The van der Waals surface area contributed by atoms with Crippen molar-refractivity contribution in [3.8, 4) is 0 Å². The number of hydrogen-bond donors (Lipinski definition) is 5. The minimum Gasteiger partial charge on any atom is -0.387 e. The van der Waals surface area contributed by atoms with Crippen molar-refractivity contribution in [3.05, 3.63) is 24.4 Å². The van der Waals surface area contributed by atoms with Crippen LogP contribution in [0.25, 0.3) is 0 Å². The lowest BCUT2D eigenvalue weighted by Crippen LogP contribution is -2.52. The Morgan fingerprint density at radius 2 is 1.65 bits per heavy atom. The van der Waals surface area contributed by atoms with Gasteiger partial charge in [0.05, 0.1) is 0 Å². The van der Waals surface area contributed by atoms with Gasteiger partial charge in [-0.25, -0.2) is 14.6 Å². The van der Waals surface area contributed by atoms with E-state index < -0.39 is 54.1 Å². The van der Waals surface area contributed by atoms with E-state index in [4.69, 9.17) is 0 Å². The molecule has 1 aromatic heterocycles. The third kappa shape index (κ3) is 7.93. The minimum atomic E-state index is -2.54. The topological polar surface area (TPSA) is 213 Å². The minimum absolute atomic E-state index is 0.0719. The summed E-state index contributed by atoms with van der Waals surface area (Å²) >= 11 is 0. The average Bonchev–Trinajstić information content (AvgIpc) is 3.15. The van der Waals surface area contributed by atoms with Gasteiger partial charge in [-0.15, -0.1) is 5.06 Å². The van der Waals surface area contributed by atoms with Crippen LogP contribution in [0, 0.1) is 0 Å². The largest absolute Gasteiger partial charge is 0.387 e. The van der Waals surface area contributed by atoms with Gasteiger partial charge in [-0.2, -0.15) is 5.48 Å². The molecule has 186 valence electrons. The molecule has 5 N–H and O–H groups in total. The monoisotopic (exact) mass is 519 g/mol. The average molecular weight is 520 g/mol. The summed E-state index contributed by atoms with van der Waals surface area (Å²) in [7, 11) is 2.64. The van der Waals surface area contributed by atoms with Gasteiger partial charge in [-0.1, -0.05) is 16.9 Å². The van der Waals surface area contributed by atoms with Crippen molar-refractivity contribution < 1.29 is 54.1 Å². The first-order valence-corrected chi connectivity index (χ1v) is 11.9. The van der Waals surface area contributed by atoms with Crippen LogP contribution in [0.4, 0.5) is 0 Å². The highest BCUT2D eigenvalue weighted by Crippen LogP contribution is 2.29. The van der Waals surface area contributed by atoms with Gasteiger partial charge in [0.1, 0.15) is 17.2 Å². The first-order chi connectivity index (χ1) is 16.1. The summed E-state index contributed by atoms with van der Waals surface area (Å²) in [6.45, 7) is 0. The Labute approximate surface area is 199 Å². The molecule has 1 saturated heterocycles. The molecule has 0 bridgehead atoms. The van der Waals surface area contributed by atoms with Crippen LogP contribution in [0.1, 0.15) is 19.3 Å². The zero-order chi connectivity index (χ0) is 25.3. The predicted octanol–water partition coefficient (Wildman–Crippen LogP) is -2.16. The fourth-order valence-electron chi connectivity index (χ4n) is 2.31. The summed E-state index contributed by atoms with van der Waals surface area (Å²) in [4.78, 5) is 70.9. The van der Waals surface area contributed by atoms with Crippen molar-refractivity contribution in [1.29, 1.82) is 0 Å². The van der Waals surface area contributed by atoms with Crippen LogP contribution in [-0.4, -0.2) is 90.3 Å². The number of carbonyl (C=O) groups is 5. The van der Waals surface area contributed by atoms with E-state index in [-0.39, 0.29) is 24.3 Å². The number of aromatic nitrogens is 1. The van der Waals surface area contributed by atoms with Crippen LogP contribution in [0.15, 0.2) is 29.4 Å². The van der Waals surface area contributed by atoms with Gasteiger partial charge < -0.3 is 30.1 Å². The van der Waals surface area contributed by atoms with Crippen LogP contribution in [0.2, 0.25) is 0 Å². The van der Waals surface area contributed by atoms with Crippen LogP contribution in [0.3, 0.4) is 0 Å². The summed E-state index contributed by atoms with van der Waals surface area (Å²) in [5, 5.41) is 40.1. The van der Waals surface area contributed by atoms with Gasteiger partial charge in [-0.05, 0) is 22.9 Å². The Bertz CT molecular complexity index is 888. The first kappa shape index (κ1) is 27.5. The number of rotatable bonds is 11. The SMILES string of the molecule is O=C(CCSSc1ccccn1)NOC(=O)C(O)C(O)C(O)C(O)C(=O)ON1C(=O)CCC1=O. The number of aliphatic hydroxyl groups excluding tert-OH is 4. The molecule has 2 heterocycles. The van der Waals surface area contributed by atoms with E-state index in [2.05, 4.69) is 14.7 Å². The van der Waals surface area contributed by atoms with E-state index in [0.29, 0.717) is 5.75 Å².